The molecule has 0 aliphatic carbocycles. The summed E-state index contributed by atoms with van der Waals surface area (Å²) in [6.45, 7) is 2.40. The van der Waals surface area contributed by atoms with Crippen LogP contribution in [0.15, 0.2) is 22.7 Å². The molecule has 0 aromatic heterocycles. The van der Waals surface area contributed by atoms with Crippen molar-refractivity contribution < 1.29 is 14.2 Å². The van der Waals surface area contributed by atoms with Crippen LogP contribution < -0.4 is 4.74 Å². The van der Waals surface area contributed by atoms with Gasteiger partial charge >= 0.3 is 0 Å². The molecule has 0 aliphatic rings. The molecule has 3 nitrogen and oxygen atoms in total. The number of ether oxygens (including phenoxy) is 3. The van der Waals surface area contributed by atoms with E-state index in [1.807, 2.05) is 25.1 Å². The van der Waals surface area contributed by atoms with Crippen LogP contribution >= 0.6 is 15.9 Å². The van der Waals surface area contributed by atoms with Crippen LogP contribution in [0.1, 0.15) is 5.56 Å². The number of halogens is 1. The molecule has 0 saturated heterocycles. The van der Waals surface area contributed by atoms with Crippen LogP contribution in [0.5, 0.6) is 5.75 Å². The van der Waals surface area contributed by atoms with Crippen molar-refractivity contribution in [2.75, 3.05) is 20.8 Å². The average molecular weight is 275 g/mol. The Morgan fingerprint density at radius 2 is 1.93 bits per heavy atom. The van der Waals surface area contributed by atoms with Gasteiger partial charge in [-0.1, -0.05) is 15.9 Å². The summed E-state index contributed by atoms with van der Waals surface area (Å²) < 4.78 is 16.6. The van der Waals surface area contributed by atoms with Crippen molar-refractivity contribution in [1.29, 1.82) is 0 Å². The second-order valence-electron chi connectivity index (χ2n) is 3.12. The molecule has 0 N–H and O–H groups in total. The van der Waals surface area contributed by atoms with Crippen LogP contribution in [-0.2, 0) is 9.47 Å². The van der Waals surface area contributed by atoms with E-state index in [9.17, 15) is 0 Å². The van der Waals surface area contributed by atoms with E-state index in [1.54, 1.807) is 14.2 Å². The maximum atomic E-state index is 5.51. The number of benzene rings is 1. The van der Waals surface area contributed by atoms with Crippen LogP contribution in [0, 0.1) is 6.92 Å². The highest BCUT2D eigenvalue weighted by Gasteiger charge is 2.06. The smallest absolute Gasteiger partial charge is 0.191 e. The molecule has 1 rings (SSSR count). The topological polar surface area (TPSA) is 27.7 Å². The Balaban J connectivity index is 2.54. The summed E-state index contributed by atoms with van der Waals surface area (Å²) >= 11 is 3.43. The van der Waals surface area contributed by atoms with Gasteiger partial charge in [0.15, 0.2) is 6.29 Å². The summed E-state index contributed by atoms with van der Waals surface area (Å²) in [6.07, 6.45) is -0.325. The van der Waals surface area contributed by atoms with Crippen LogP contribution in [0.25, 0.3) is 0 Å². The Hall–Kier alpha value is -0.580. The van der Waals surface area contributed by atoms with Crippen LogP contribution in [0.3, 0.4) is 0 Å². The number of aryl methyl sites for hydroxylation is 1. The van der Waals surface area contributed by atoms with Gasteiger partial charge in [-0.05, 0) is 30.7 Å². The highest BCUT2D eigenvalue weighted by molar-refractivity contribution is 9.10. The van der Waals surface area contributed by atoms with E-state index in [0.717, 1.165) is 15.8 Å². The van der Waals surface area contributed by atoms with Crippen molar-refractivity contribution >= 4 is 15.9 Å². The monoisotopic (exact) mass is 274 g/mol. The first-order valence-corrected chi connectivity index (χ1v) is 5.41. The Morgan fingerprint density at radius 1 is 1.27 bits per heavy atom. The summed E-state index contributed by atoms with van der Waals surface area (Å²) in [5.41, 5.74) is 1.14. The number of hydrogen-bond acceptors (Lipinski definition) is 3. The summed E-state index contributed by atoms with van der Waals surface area (Å²) in [7, 11) is 3.18. The lowest BCUT2D eigenvalue weighted by Crippen LogP contribution is -2.22. The second kappa shape index (κ2) is 6.10. The van der Waals surface area contributed by atoms with Gasteiger partial charge in [-0.3, -0.25) is 0 Å². The van der Waals surface area contributed by atoms with E-state index in [1.165, 1.54) is 0 Å². The molecule has 0 bridgehead atoms. The number of rotatable bonds is 5. The van der Waals surface area contributed by atoms with Gasteiger partial charge in [0.25, 0.3) is 0 Å². The first kappa shape index (κ1) is 12.5. The Morgan fingerprint density at radius 3 is 2.47 bits per heavy atom. The molecular formula is C11H15BrO3. The maximum Gasteiger partial charge on any atom is 0.191 e. The molecule has 0 heterocycles. The maximum absolute atomic E-state index is 5.51. The molecule has 0 unspecified atom stereocenters. The number of methoxy groups -OCH3 is 2. The molecule has 1 aromatic carbocycles. The third-order valence-corrected chi connectivity index (χ3v) is 2.93. The van der Waals surface area contributed by atoms with E-state index < -0.39 is 0 Å². The zero-order valence-corrected chi connectivity index (χ0v) is 10.7. The van der Waals surface area contributed by atoms with E-state index in [2.05, 4.69) is 15.9 Å². The minimum Gasteiger partial charge on any atom is -0.488 e. The fourth-order valence-corrected chi connectivity index (χ4v) is 1.35. The normalized spacial score (nSPS) is 10.7. The molecule has 84 valence electrons. The zero-order valence-electron chi connectivity index (χ0n) is 9.12. The predicted molar refractivity (Wildman–Crippen MR) is 62.2 cm³/mol. The second-order valence-corrected chi connectivity index (χ2v) is 3.98. The lowest BCUT2D eigenvalue weighted by atomic mass is 10.2. The van der Waals surface area contributed by atoms with Gasteiger partial charge in [0, 0.05) is 18.7 Å². The van der Waals surface area contributed by atoms with E-state index in [0.29, 0.717) is 6.61 Å². The van der Waals surface area contributed by atoms with E-state index in [4.69, 9.17) is 14.2 Å². The van der Waals surface area contributed by atoms with Crippen molar-refractivity contribution in [3.63, 3.8) is 0 Å². The SMILES string of the molecule is COC(COc1ccc(Br)c(C)c1)OC. The fraction of sp³-hybridized carbons (Fsp3) is 0.455. The molecule has 1 aromatic rings. The van der Waals surface area contributed by atoms with Crippen molar-refractivity contribution in [2.24, 2.45) is 0 Å². The van der Waals surface area contributed by atoms with E-state index in [-0.39, 0.29) is 6.29 Å². The van der Waals surface area contributed by atoms with Gasteiger partial charge < -0.3 is 14.2 Å². The van der Waals surface area contributed by atoms with Crippen molar-refractivity contribution in [3.05, 3.63) is 28.2 Å². The van der Waals surface area contributed by atoms with Crippen molar-refractivity contribution in [1.82, 2.24) is 0 Å². The van der Waals surface area contributed by atoms with Gasteiger partial charge in [-0.2, -0.15) is 0 Å². The Bertz CT molecular complexity index is 311. The van der Waals surface area contributed by atoms with Gasteiger partial charge in [-0.25, -0.2) is 0 Å². The molecule has 0 spiro atoms. The largest absolute Gasteiger partial charge is 0.488 e. The molecule has 0 aliphatic heterocycles. The number of hydrogen-bond donors (Lipinski definition) is 0. The van der Waals surface area contributed by atoms with Gasteiger partial charge in [0.1, 0.15) is 12.4 Å². The Kier molecular flexibility index (Phi) is 5.08. The van der Waals surface area contributed by atoms with Crippen molar-refractivity contribution in [2.45, 2.75) is 13.2 Å². The summed E-state index contributed by atoms with van der Waals surface area (Å²) in [6, 6.07) is 5.82. The molecule has 0 fully saturated rings. The minimum atomic E-state index is -0.325. The standard InChI is InChI=1S/C11H15BrO3/c1-8-6-9(4-5-10(8)12)15-7-11(13-2)14-3/h4-6,11H,7H2,1-3H3. The zero-order chi connectivity index (χ0) is 11.3. The minimum absolute atomic E-state index is 0.325. The highest BCUT2D eigenvalue weighted by Crippen LogP contribution is 2.21. The summed E-state index contributed by atoms with van der Waals surface area (Å²) in [4.78, 5) is 0. The van der Waals surface area contributed by atoms with Crippen LogP contribution in [0.4, 0.5) is 0 Å². The third kappa shape index (κ3) is 3.81. The summed E-state index contributed by atoms with van der Waals surface area (Å²) in [5, 5.41) is 0. The highest BCUT2D eigenvalue weighted by atomic mass is 79.9. The molecular weight excluding hydrogens is 260 g/mol. The average Bonchev–Trinajstić information content (AvgIpc) is 2.24. The molecule has 0 amide bonds. The van der Waals surface area contributed by atoms with Crippen LogP contribution in [-0.4, -0.2) is 27.1 Å². The molecule has 4 heteroatoms. The van der Waals surface area contributed by atoms with Crippen LogP contribution in [0.2, 0.25) is 0 Å². The summed E-state index contributed by atoms with van der Waals surface area (Å²) in [5.74, 6) is 0.815. The van der Waals surface area contributed by atoms with Gasteiger partial charge in [0.2, 0.25) is 0 Å². The quantitative estimate of drug-likeness (QED) is 0.773. The third-order valence-electron chi connectivity index (χ3n) is 2.04. The Labute approximate surface area is 98.5 Å². The molecule has 0 saturated carbocycles. The predicted octanol–water partition coefficient (Wildman–Crippen LogP) is 2.76. The van der Waals surface area contributed by atoms with Gasteiger partial charge in [0.05, 0.1) is 0 Å². The fourth-order valence-electron chi connectivity index (χ4n) is 1.10. The lowest BCUT2D eigenvalue weighted by Gasteiger charge is -2.14. The van der Waals surface area contributed by atoms with Gasteiger partial charge in [-0.15, -0.1) is 0 Å². The van der Waals surface area contributed by atoms with E-state index >= 15 is 0 Å². The molecule has 0 atom stereocenters. The molecule has 0 radical (unpaired) electrons. The first-order chi connectivity index (χ1) is 7.17. The first-order valence-electron chi connectivity index (χ1n) is 4.62. The lowest BCUT2D eigenvalue weighted by molar-refractivity contribution is -0.121. The molecule has 15 heavy (non-hydrogen) atoms. The van der Waals surface area contributed by atoms with Crippen molar-refractivity contribution in [3.8, 4) is 5.75 Å².